The number of allylic oxidation sites excluding steroid dienone is 2. The van der Waals surface area contributed by atoms with Gasteiger partial charge in [0.1, 0.15) is 0 Å². The lowest BCUT2D eigenvalue weighted by molar-refractivity contribution is -0.138. The summed E-state index contributed by atoms with van der Waals surface area (Å²) in [6.45, 7) is 11.2. The smallest absolute Gasteiger partial charge is 0.303 e. The zero-order valence-electron chi connectivity index (χ0n) is 25.3. The molecule has 0 unspecified atom stereocenters. The van der Waals surface area contributed by atoms with Gasteiger partial charge in [0.25, 0.3) is 5.91 Å². The lowest BCUT2D eigenvalue weighted by atomic mass is 9.98. The van der Waals surface area contributed by atoms with Gasteiger partial charge in [0, 0.05) is 64.8 Å². The third-order valence-electron chi connectivity index (χ3n) is 8.37. The van der Waals surface area contributed by atoms with Crippen molar-refractivity contribution in [3.8, 4) is 0 Å². The number of thiol groups is 1. The summed E-state index contributed by atoms with van der Waals surface area (Å²) in [6.07, 6.45) is 7.94. The van der Waals surface area contributed by atoms with Gasteiger partial charge in [-0.05, 0) is 86.1 Å². The van der Waals surface area contributed by atoms with Crippen molar-refractivity contribution in [3.63, 3.8) is 0 Å². The van der Waals surface area contributed by atoms with Crippen LogP contribution in [0.1, 0.15) is 71.7 Å². The highest BCUT2D eigenvalue weighted by molar-refractivity contribution is 7.80. The molecule has 0 spiro atoms. The molecule has 4 heterocycles. The molecule has 232 valence electrons. The van der Waals surface area contributed by atoms with Gasteiger partial charge in [-0.3, -0.25) is 19.2 Å². The van der Waals surface area contributed by atoms with E-state index in [0.29, 0.717) is 35.6 Å². The van der Waals surface area contributed by atoms with Crippen molar-refractivity contribution < 1.29 is 29.4 Å². The second-order valence-corrected chi connectivity index (χ2v) is 11.4. The third kappa shape index (κ3) is 6.67. The van der Waals surface area contributed by atoms with Gasteiger partial charge in [0.05, 0.1) is 5.92 Å². The summed E-state index contributed by atoms with van der Waals surface area (Å²) in [7, 11) is 0. The van der Waals surface area contributed by atoms with Gasteiger partial charge in [0.15, 0.2) is 0 Å². The fourth-order valence-electron chi connectivity index (χ4n) is 5.82. The first-order chi connectivity index (χ1) is 20.9. The first kappa shape index (κ1) is 32.4. The monoisotopic (exact) mass is 618 g/mol. The number of aliphatic carboxylic acids is 2. The Labute approximate surface area is 261 Å². The highest BCUT2D eigenvalue weighted by Crippen LogP contribution is 2.32. The van der Waals surface area contributed by atoms with Gasteiger partial charge in [-0.2, -0.15) is 12.6 Å². The molecule has 2 aromatic heterocycles. The molecular weight excluding hydrogens is 580 g/mol. The average molecular weight is 619 g/mol. The summed E-state index contributed by atoms with van der Waals surface area (Å²) < 4.78 is 0. The van der Waals surface area contributed by atoms with E-state index < -0.39 is 11.9 Å². The average Bonchev–Trinajstić information content (AvgIpc) is 3.60. The molecule has 0 bridgehead atoms. The van der Waals surface area contributed by atoms with Gasteiger partial charge < -0.3 is 30.8 Å². The summed E-state index contributed by atoms with van der Waals surface area (Å²) in [6, 6.07) is 0. The SMILES string of the molecule is C=CC1=C(C)/C(=C/c2[nH]c(Cc3[nH]c(/C=C4\NC(=O)[C@@H](C)\C4=C/CS)c(C)c3CCC(=O)O)c(CCC(=O)O)c2C)NC1=O. The van der Waals surface area contributed by atoms with E-state index in [1.807, 2.05) is 45.9 Å². The molecule has 4 rings (SSSR count). The quantitative estimate of drug-likeness (QED) is 0.173. The maximum atomic E-state index is 12.4. The predicted octanol–water partition coefficient (Wildman–Crippen LogP) is 4.52. The molecule has 1 saturated heterocycles. The van der Waals surface area contributed by atoms with Crippen molar-refractivity contribution in [1.29, 1.82) is 0 Å². The molecule has 2 amide bonds. The maximum absolute atomic E-state index is 12.4. The number of carbonyl (C=O) groups is 4. The topological polar surface area (TPSA) is 164 Å². The molecule has 2 aromatic rings. The number of carbonyl (C=O) groups excluding carboxylic acids is 2. The first-order valence-electron chi connectivity index (χ1n) is 14.4. The van der Waals surface area contributed by atoms with Crippen molar-refractivity contribution in [2.75, 3.05) is 5.75 Å². The summed E-state index contributed by atoms with van der Waals surface area (Å²) in [4.78, 5) is 54.8. The minimum absolute atomic E-state index is 0.0653. The standard InChI is InChI=1S/C33H38N4O6S/c1-6-20-16(2)26(36-33(20)43)13-24-17(3)21(7-9-30(38)39)27(34-24)15-28-22(8-10-31(40)41)18(4)25(35-28)14-29-23(11-12-44)19(5)32(42)37-29/h6,11,13-14,19,34-35,44H,1,7-10,12,15H2,2-5H3,(H,36,43)(H,37,42)(H,38,39)(H,40,41)/b23-11+,26-13-,29-14-/t19-/m0/s1. The number of hydrogen-bond donors (Lipinski definition) is 7. The van der Waals surface area contributed by atoms with Crippen LogP contribution >= 0.6 is 12.6 Å². The summed E-state index contributed by atoms with van der Waals surface area (Å²) in [5, 5.41) is 24.7. The number of H-pyrrole nitrogens is 2. The lowest BCUT2D eigenvalue weighted by Gasteiger charge is -2.07. The van der Waals surface area contributed by atoms with E-state index in [1.165, 1.54) is 6.08 Å². The van der Waals surface area contributed by atoms with Crippen LogP contribution in [-0.2, 0) is 38.4 Å². The van der Waals surface area contributed by atoms with Gasteiger partial charge in [-0.1, -0.05) is 18.7 Å². The number of nitrogens with one attached hydrogen (secondary N) is 4. The summed E-state index contributed by atoms with van der Waals surface area (Å²) in [5.41, 5.74) is 9.93. The first-order valence-corrected chi connectivity index (χ1v) is 15.0. The van der Waals surface area contributed by atoms with E-state index in [9.17, 15) is 29.4 Å². The van der Waals surface area contributed by atoms with Gasteiger partial charge >= 0.3 is 11.9 Å². The number of aromatic nitrogens is 2. The van der Waals surface area contributed by atoms with Crippen molar-refractivity contribution >= 4 is 48.5 Å². The molecule has 2 aliphatic heterocycles. The Bertz CT molecular complexity index is 1680. The van der Waals surface area contributed by atoms with Crippen LogP contribution in [0.3, 0.4) is 0 Å². The maximum Gasteiger partial charge on any atom is 0.303 e. The molecular formula is C33H38N4O6S. The minimum atomic E-state index is -0.918. The van der Waals surface area contributed by atoms with E-state index in [2.05, 4.69) is 39.8 Å². The van der Waals surface area contributed by atoms with Crippen LogP contribution in [0.4, 0.5) is 0 Å². The zero-order chi connectivity index (χ0) is 32.3. The lowest BCUT2D eigenvalue weighted by Crippen LogP contribution is -2.16. The van der Waals surface area contributed by atoms with Crippen LogP contribution < -0.4 is 10.6 Å². The van der Waals surface area contributed by atoms with E-state index in [-0.39, 0.29) is 37.0 Å². The largest absolute Gasteiger partial charge is 0.481 e. The van der Waals surface area contributed by atoms with Crippen LogP contribution in [0.15, 0.2) is 46.8 Å². The zero-order valence-corrected chi connectivity index (χ0v) is 26.2. The number of amides is 2. The van der Waals surface area contributed by atoms with E-state index in [4.69, 9.17) is 0 Å². The van der Waals surface area contributed by atoms with E-state index >= 15 is 0 Å². The van der Waals surface area contributed by atoms with Crippen molar-refractivity contribution in [3.05, 3.63) is 91.9 Å². The molecule has 11 heteroatoms. The molecule has 0 aromatic carbocycles. The Hall–Kier alpha value is -4.51. The Balaban J connectivity index is 1.80. The molecule has 0 aliphatic carbocycles. The second kappa shape index (κ2) is 13.4. The van der Waals surface area contributed by atoms with Crippen molar-refractivity contribution in [2.24, 2.45) is 5.92 Å². The molecule has 2 aliphatic rings. The number of carboxylic acid groups (broad SMARTS) is 2. The fourth-order valence-corrected chi connectivity index (χ4v) is 6.02. The molecule has 6 N–H and O–H groups in total. The second-order valence-electron chi connectivity index (χ2n) is 11.1. The van der Waals surface area contributed by atoms with Crippen LogP contribution in [0.5, 0.6) is 0 Å². The Morgan fingerprint density at radius 3 is 1.86 bits per heavy atom. The molecule has 10 nitrogen and oxygen atoms in total. The van der Waals surface area contributed by atoms with E-state index in [1.54, 1.807) is 0 Å². The Morgan fingerprint density at radius 2 is 1.41 bits per heavy atom. The van der Waals surface area contributed by atoms with Gasteiger partial charge in [-0.25, -0.2) is 0 Å². The summed E-state index contributed by atoms with van der Waals surface area (Å²) >= 11 is 4.30. The molecule has 1 atom stereocenters. The molecule has 44 heavy (non-hydrogen) atoms. The number of hydrogen-bond acceptors (Lipinski definition) is 5. The van der Waals surface area contributed by atoms with Crippen LogP contribution in [-0.4, -0.2) is 49.7 Å². The fraction of sp³-hybridized carbons (Fsp3) is 0.333. The van der Waals surface area contributed by atoms with Gasteiger partial charge in [0.2, 0.25) is 5.91 Å². The van der Waals surface area contributed by atoms with Crippen molar-refractivity contribution in [1.82, 2.24) is 20.6 Å². The van der Waals surface area contributed by atoms with Crippen LogP contribution in [0.25, 0.3) is 12.2 Å². The highest BCUT2D eigenvalue weighted by atomic mass is 32.1. The highest BCUT2D eigenvalue weighted by Gasteiger charge is 2.30. The van der Waals surface area contributed by atoms with Crippen molar-refractivity contribution in [2.45, 2.75) is 59.8 Å². The van der Waals surface area contributed by atoms with E-state index in [0.717, 1.165) is 56.2 Å². The minimum Gasteiger partial charge on any atom is -0.481 e. The number of rotatable bonds is 12. The number of aromatic amines is 2. The van der Waals surface area contributed by atoms with Crippen LogP contribution in [0.2, 0.25) is 0 Å². The Kier molecular flexibility index (Phi) is 9.88. The molecule has 0 radical (unpaired) electrons. The summed E-state index contributed by atoms with van der Waals surface area (Å²) in [5.74, 6) is -2.01. The number of carboxylic acids is 2. The molecule has 0 saturated carbocycles. The predicted molar refractivity (Wildman–Crippen MR) is 172 cm³/mol. The normalized spacial score (nSPS) is 19.4. The van der Waals surface area contributed by atoms with Gasteiger partial charge in [-0.15, -0.1) is 0 Å². The Morgan fingerprint density at radius 1 is 0.886 bits per heavy atom. The van der Waals surface area contributed by atoms with Crippen LogP contribution in [0, 0.1) is 19.8 Å². The molecule has 1 fully saturated rings. The third-order valence-corrected chi connectivity index (χ3v) is 8.55.